The molecule has 0 atom stereocenters. The van der Waals surface area contributed by atoms with Crippen molar-refractivity contribution >= 4 is 49.7 Å². The number of rotatable bonds is 6. The summed E-state index contributed by atoms with van der Waals surface area (Å²) in [6, 6.07) is 9.87. The van der Waals surface area contributed by atoms with Gasteiger partial charge in [-0.2, -0.15) is 0 Å². The lowest BCUT2D eigenvalue weighted by Gasteiger charge is -2.15. The average Bonchev–Trinajstić information content (AvgIpc) is 3.45. The number of anilines is 1. The summed E-state index contributed by atoms with van der Waals surface area (Å²) in [6.45, 7) is 4.14. The zero-order valence-electron chi connectivity index (χ0n) is 18.1. The Bertz CT molecular complexity index is 1320. The van der Waals surface area contributed by atoms with E-state index in [0.717, 1.165) is 58.1 Å². The molecular weight excluding hydrogens is 422 g/mol. The van der Waals surface area contributed by atoms with Gasteiger partial charge in [-0.3, -0.25) is 14.3 Å². The Labute approximate surface area is 189 Å². The summed E-state index contributed by atoms with van der Waals surface area (Å²) in [5, 5.41) is 6.64. The highest BCUT2D eigenvalue weighted by Gasteiger charge is 2.30. The lowest BCUT2D eigenvalue weighted by Crippen LogP contribution is -2.36. The number of carbonyl (C=O) groups excluding carboxylic acids is 2. The molecule has 5 rings (SSSR count). The molecule has 0 radical (unpaired) electrons. The van der Waals surface area contributed by atoms with Gasteiger partial charge in [0.25, 0.3) is 0 Å². The molecule has 3 aromatic heterocycles. The van der Waals surface area contributed by atoms with Gasteiger partial charge in [-0.05, 0) is 55.5 Å². The quantitative estimate of drug-likeness (QED) is 0.414. The average molecular weight is 448 g/mol. The van der Waals surface area contributed by atoms with Crippen molar-refractivity contribution in [1.29, 1.82) is 0 Å². The number of pyridine rings is 1. The van der Waals surface area contributed by atoms with E-state index >= 15 is 0 Å². The van der Waals surface area contributed by atoms with E-state index in [1.54, 1.807) is 10.8 Å². The molecule has 0 saturated heterocycles. The molecule has 1 saturated carbocycles. The van der Waals surface area contributed by atoms with Gasteiger partial charge < -0.3 is 10.6 Å². The van der Waals surface area contributed by atoms with Crippen LogP contribution in [0, 0.1) is 5.92 Å². The molecule has 1 aliphatic rings. The van der Waals surface area contributed by atoms with Crippen LogP contribution in [0.15, 0.2) is 42.7 Å². The highest BCUT2D eigenvalue weighted by Crippen LogP contribution is 2.34. The van der Waals surface area contributed by atoms with Crippen molar-refractivity contribution in [3.05, 3.63) is 42.7 Å². The monoisotopic (exact) mass is 447 g/mol. The number of benzene rings is 1. The predicted molar refractivity (Wildman–Crippen MR) is 128 cm³/mol. The van der Waals surface area contributed by atoms with Crippen molar-refractivity contribution < 1.29 is 9.59 Å². The number of hydrogen-bond acceptors (Lipinski definition) is 5. The minimum Gasteiger partial charge on any atom is -0.335 e. The van der Waals surface area contributed by atoms with E-state index in [0.29, 0.717) is 5.13 Å². The number of amides is 2. The lowest BCUT2D eigenvalue weighted by molar-refractivity contribution is -0.117. The molecule has 0 spiro atoms. The Morgan fingerprint density at radius 1 is 1.12 bits per heavy atom. The summed E-state index contributed by atoms with van der Waals surface area (Å²) in [4.78, 5) is 33.9. The molecule has 1 aliphatic carbocycles. The van der Waals surface area contributed by atoms with Gasteiger partial charge in [0.15, 0.2) is 5.13 Å². The van der Waals surface area contributed by atoms with Crippen LogP contribution in [0.3, 0.4) is 0 Å². The summed E-state index contributed by atoms with van der Waals surface area (Å²) in [5.41, 5.74) is 4.31. The highest BCUT2D eigenvalue weighted by atomic mass is 32.1. The lowest BCUT2D eigenvalue weighted by atomic mass is 10.1. The van der Waals surface area contributed by atoms with Gasteiger partial charge in [0, 0.05) is 29.9 Å². The van der Waals surface area contributed by atoms with Crippen LogP contribution >= 0.6 is 11.3 Å². The Hall–Kier alpha value is -3.26. The molecule has 1 aromatic carbocycles. The second-order valence-electron chi connectivity index (χ2n) is 8.24. The number of fused-ring (bicyclic) bond motifs is 2. The summed E-state index contributed by atoms with van der Waals surface area (Å²) >= 11 is 1.47. The molecule has 0 bridgehead atoms. The van der Waals surface area contributed by atoms with Gasteiger partial charge in [-0.25, -0.2) is 9.78 Å². The second-order valence-corrected chi connectivity index (χ2v) is 9.27. The minimum absolute atomic E-state index is 0.0614. The molecule has 4 aromatic rings. The van der Waals surface area contributed by atoms with Crippen LogP contribution in [0.25, 0.3) is 32.4 Å². The maximum atomic E-state index is 12.8. The highest BCUT2D eigenvalue weighted by molar-refractivity contribution is 7.22. The van der Waals surface area contributed by atoms with E-state index in [-0.39, 0.29) is 23.9 Å². The van der Waals surface area contributed by atoms with Crippen molar-refractivity contribution in [2.75, 3.05) is 5.32 Å². The first-order valence-electron chi connectivity index (χ1n) is 11.1. The molecule has 8 heteroatoms. The van der Waals surface area contributed by atoms with Crippen molar-refractivity contribution in [3.63, 3.8) is 0 Å². The topological polar surface area (TPSA) is 88.9 Å². The molecule has 0 unspecified atom stereocenters. The van der Waals surface area contributed by atoms with Crippen LogP contribution in [0.2, 0.25) is 0 Å². The van der Waals surface area contributed by atoms with Crippen LogP contribution in [0.4, 0.5) is 9.93 Å². The van der Waals surface area contributed by atoms with Crippen LogP contribution in [0.5, 0.6) is 0 Å². The maximum Gasteiger partial charge on any atom is 0.326 e. The smallest absolute Gasteiger partial charge is 0.326 e. The second kappa shape index (κ2) is 8.35. The zero-order valence-corrected chi connectivity index (χ0v) is 18.9. The van der Waals surface area contributed by atoms with Crippen molar-refractivity contribution in [1.82, 2.24) is 19.9 Å². The third kappa shape index (κ3) is 3.98. The number of hydrogen-bond donors (Lipinski definition) is 2. The molecule has 164 valence electrons. The summed E-state index contributed by atoms with van der Waals surface area (Å²) in [7, 11) is 0. The Morgan fingerprint density at radius 2 is 1.94 bits per heavy atom. The van der Waals surface area contributed by atoms with Crippen molar-refractivity contribution in [3.8, 4) is 11.1 Å². The fourth-order valence-electron chi connectivity index (χ4n) is 3.79. The van der Waals surface area contributed by atoms with E-state index in [2.05, 4.69) is 40.5 Å². The van der Waals surface area contributed by atoms with Gasteiger partial charge in [-0.1, -0.05) is 31.3 Å². The molecule has 2 amide bonds. The molecular formula is C24H25N5O2S. The number of carbonyl (C=O) groups is 2. The molecule has 7 nitrogen and oxygen atoms in total. The van der Waals surface area contributed by atoms with Crippen LogP contribution in [-0.2, 0) is 4.79 Å². The fourth-order valence-corrected chi connectivity index (χ4v) is 4.70. The minimum atomic E-state index is -0.137. The van der Waals surface area contributed by atoms with Gasteiger partial charge in [-0.15, -0.1) is 0 Å². The third-order valence-corrected chi connectivity index (χ3v) is 6.90. The zero-order chi connectivity index (χ0) is 22.2. The summed E-state index contributed by atoms with van der Waals surface area (Å²) in [5.74, 6) is 0.208. The number of nitrogens with zero attached hydrogens (tertiary/aromatic N) is 3. The van der Waals surface area contributed by atoms with Crippen molar-refractivity contribution in [2.45, 2.75) is 45.6 Å². The first-order chi connectivity index (χ1) is 15.6. The molecule has 2 N–H and O–H groups in total. The number of nitrogens with one attached hydrogen (secondary N) is 2. The SMILES string of the molecule is CCC(CC)NC(=O)n1ccc2ncc(-c3ccc4nc(NC(=O)C5CC5)sc4c3)cc21. The molecule has 32 heavy (non-hydrogen) atoms. The number of thiazole rings is 1. The van der Waals surface area contributed by atoms with Gasteiger partial charge >= 0.3 is 6.03 Å². The maximum absolute atomic E-state index is 12.8. The Balaban J connectivity index is 1.44. The molecule has 1 fully saturated rings. The first-order valence-corrected chi connectivity index (χ1v) is 11.9. The van der Waals surface area contributed by atoms with E-state index in [9.17, 15) is 9.59 Å². The Morgan fingerprint density at radius 3 is 2.69 bits per heavy atom. The van der Waals surface area contributed by atoms with E-state index in [1.165, 1.54) is 11.3 Å². The predicted octanol–water partition coefficient (Wildman–Crippen LogP) is 5.41. The standard InChI is InChI=1S/C24H25N5O2S/c1-3-17(4-2)26-24(31)29-10-9-18-20(29)11-16(13-25-18)15-7-8-19-21(12-15)32-23(27-19)28-22(30)14-5-6-14/h7-14,17H,3-6H2,1-2H3,(H,26,31)(H,27,28,30). The van der Waals surface area contributed by atoms with Crippen LogP contribution in [0.1, 0.15) is 39.5 Å². The Kier molecular flexibility index (Phi) is 5.38. The van der Waals surface area contributed by atoms with Gasteiger partial charge in [0.2, 0.25) is 5.91 Å². The molecule has 0 aliphatic heterocycles. The van der Waals surface area contributed by atoms with Crippen LogP contribution in [-0.4, -0.2) is 32.5 Å². The van der Waals surface area contributed by atoms with Gasteiger partial charge in [0.1, 0.15) is 0 Å². The largest absolute Gasteiger partial charge is 0.335 e. The summed E-state index contributed by atoms with van der Waals surface area (Å²) in [6.07, 6.45) is 7.30. The van der Waals surface area contributed by atoms with E-state index in [4.69, 9.17) is 0 Å². The fraction of sp³-hybridized carbons (Fsp3) is 0.333. The summed E-state index contributed by atoms with van der Waals surface area (Å²) < 4.78 is 2.62. The normalized spacial score (nSPS) is 13.7. The van der Waals surface area contributed by atoms with Crippen molar-refractivity contribution in [2.24, 2.45) is 5.92 Å². The van der Waals surface area contributed by atoms with Crippen LogP contribution < -0.4 is 10.6 Å². The van der Waals surface area contributed by atoms with E-state index < -0.39 is 0 Å². The third-order valence-electron chi connectivity index (χ3n) is 5.97. The first kappa shape index (κ1) is 20.6. The van der Waals surface area contributed by atoms with Gasteiger partial charge in [0.05, 0.1) is 21.3 Å². The number of aromatic nitrogens is 3. The van der Waals surface area contributed by atoms with E-state index in [1.807, 2.05) is 30.5 Å². The molecule has 3 heterocycles.